The predicted molar refractivity (Wildman–Crippen MR) is 54.0 cm³/mol. The average molecular weight is 203 g/mol. The maximum absolute atomic E-state index is 11.3. The van der Waals surface area contributed by atoms with Crippen molar-refractivity contribution in [3.8, 4) is 0 Å². The van der Waals surface area contributed by atoms with Crippen molar-refractivity contribution >= 4 is 17.4 Å². The Bertz CT molecular complexity index is 430. The lowest BCUT2D eigenvalue weighted by atomic mass is 10.1. The fourth-order valence-corrected chi connectivity index (χ4v) is 1.44. The molecule has 0 saturated carbocycles. The zero-order chi connectivity index (χ0) is 10.8. The number of amides is 1. The maximum Gasteiger partial charge on any atom is 0.259 e. The van der Waals surface area contributed by atoms with E-state index in [1.165, 1.54) is 0 Å². The molecule has 76 valence electrons. The van der Waals surface area contributed by atoms with Gasteiger partial charge in [-0.15, -0.1) is 0 Å². The van der Waals surface area contributed by atoms with E-state index in [-0.39, 0.29) is 23.7 Å². The molecule has 0 bridgehead atoms. The molecule has 2 rings (SSSR count). The van der Waals surface area contributed by atoms with Gasteiger partial charge in [-0.05, 0) is 0 Å². The van der Waals surface area contributed by atoms with Gasteiger partial charge in [0.2, 0.25) is 0 Å². The Morgan fingerprint density at radius 1 is 1.20 bits per heavy atom. The SMILES string of the molecule is O=C1CNC(=O)/C1=C(\O)c1ccccc1. The number of hydrogen-bond donors (Lipinski definition) is 2. The van der Waals surface area contributed by atoms with Crippen LogP contribution in [0.2, 0.25) is 0 Å². The summed E-state index contributed by atoms with van der Waals surface area (Å²) < 4.78 is 0. The van der Waals surface area contributed by atoms with Crippen LogP contribution in [0.3, 0.4) is 0 Å². The average Bonchev–Trinajstić information content (AvgIpc) is 2.59. The molecule has 2 N–H and O–H groups in total. The summed E-state index contributed by atoms with van der Waals surface area (Å²) in [6.45, 7) is -0.0366. The number of hydrogen-bond acceptors (Lipinski definition) is 3. The van der Waals surface area contributed by atoms with E-state index in [0.717, 1.165) is 0 Å². The van der Waals surface area contributed by atoms with Gasteiger partial charge in [0.15, 0.2) is 5.78 Å². The molecule has 1 fully saturated rings. The molecule has 1 heterocycles. The summed E-state index contributed by atoms with van der Waals surface area (Å²) in [5.41, 5.74) is 0.319. The van der Waals surface area contributed by atoms with E-state index in [1.807, 2.05) is 0 Å². The minimum absolute atomic E-state index is 0.0366. The number of carbonyl (C=O) groups is 2. The third kappa shape index (κ3) is 1.61. The normalized spacial score (nSPS) is 18.9. The summed E-state index contributed by atoms with van der Waals surface area (Å²) in [5, 5.41) is 12.1. The van der Waals surface area contributed by atoms with E-state index in [9.17, 15) is 14.7 Å². The van der Waals surface area contributed by atoms with E-state index >= 15 is 0 Å². The van der Waals surface area contributed by atoms with Gasteiger partial charge in [-0.2, -0.15) is 0 Å². The van der Waals surface area contributed by atoms with Crippen molar-refractivity contribution in [1.29, 1.82) is 0 Å². The first-order chi connectivity index (χ1) is 7.20. The number of carbonyl (C=O) groups excluding carboxylic acids is 2. The standard InChI is InChI=1S/C11H9NO3/c13-8-6-12-11(15)9(8)10(14)7-4-2-1-3-5-7/h1-5,14H,6H2,(H,12,15)/b10-9-. The molecule has 0 aromatic heterocycles. The van der Waals surface area contributed by atoms with Crippen LogP contribution in [-0.2, 0) is 9.59 Å². The van der Waals surface area contributed by atoms with Crippen LogP contribution >= 0.6 is 0 Å². The molecular weight excluding hydrogens is 194 g/mol. The number of aliphatic hydroxyl groups excluding tert-OH is 1. The highest BCUT2D eigenvalue weighted by molar-refractivity contribution is 6.28. The first kappa shape index (κ1) is 9.45. The minimum Gasteiger partial charge on any atom is -0.506 e. The monoisotopic (exact) mass is 203 g/mol. The summed E-state index contributed by atoms with van der Waals surface area (Å²) in [7, 11) is 0. The third-order valence-corrected chi connectivity index (χ3v) is 2.20. The van der Waals surface area contributed by atoms with Crippen LogP contribution in [0.1, 0.15) is 5.56 Å². The van der Waals surface area contributed by atoms with E-state index < -0.39 is 5.91 Å². The predicted octanol–water partition coefficient (Wildman–Crippen LogP) is 0.655. The Morgan fingerprint density at radius 3 is 2.40 bits per heavy atom. The van der Waals surface area contributed by atoms with Crippen LogP contribution < -0.4 is 5.32 Å². The maximum atomic E-state index is 11.3. The van der Waals surface area contributed by atoms with Gasteiger partial charge in [0.25, 0.3) is 5.91 Å². The topological polar surface area (TPSA) is 66.4 Å². The van der Waals surface area contributed by atoms with Crippen LogP contribution in [0, 0.1) is 0 Å². The van der Waals surface area contributed by atoms with Gasteiger partial charge in [0.05, 0.1) is 6.54 Å². The quantitative estimate of drug-likeness (QED) is 0.400. The molecule has 0 spiro atoms. The zero-order valence-electron chi connectivity index (χ0n) is 7.86. The molecule has 1 amide bonds. The van der Waals surface area contributed by atoms with Crippen molar-refractivity contribution in [3.63, 3.8) is 0 Å². The van der Waals surface area contributed by atoms with E-state index in [4.69, 9.17) is 0 Å². The van der Waals surface area contributed by atoms with Crippen molar-refractivity contribution in [3.05, 3.63) is 41.5 Å². The highest BCUT2D eigenvalue weighted by Gasteiger charge is 2.29. The van der Waals surface area contributed by atoms with Crippen molar-refractivity contribution in [2.24, 2.45) is 0 Å². The van der Waals surface area contributed by atoms with Gasteiger partial charge in [-0.3, -0.25) is 9.59 Å². The smallest absolute Gasteiger partial charge is 0.259 e. The summed E-state index contributed by atoms with van der Waals surface area (Å²) in [4.78, 5) is 22.5. The lowest BCUT2D eigenvalue weighted by Gasteiger charge is -2.01. The van der Waals surface area contributed by atoms with E-state index in [2.05, 4.69) is 5.32 Å². The summed E-state index contributed by atoms with van der Waals surface area (Å²) in [6.07, 6.45) is 0. The van der Waals surface area contributed by atoms with E-state index in [1.54, 1.807) is 30.3 Å². The Morgan fingerprint density at radius 2 is 1.87 bits per heavy atom. The minimum atomic E-state index is -0.513. The second-order valence-corrected chi connectivity index (χ2v) is 3.20. The largest absolute Gasteiger partial charge is 0.506 e. The molecule has 1 aromatic carbocycles. The molecule has 1 aliphatic rings. The van der Waals surface area contributed by atoms with Gasteiger partial charge in [0.1, 0.15) is 11.3 Å². The number of aliphatic hydroxyl groups is 1. The second-order valence-electron chi connectivity index (χ2n) is 3.20. The summed E-state index contributed by atoms with van der Waals surface area (Å²) in [6, 6.07) is 8.52. The summed E-state index contributed by atoms with van der Waals surface area (Å²) >= 11 is 0. The van der Waals surface area contributed by atoms with Gasteiger partial charge < -0.3 is 10.4 Å². The Kier molecular flexibility index (Phi) is 2.25. The molecule has 0 atom stereocenters. The van der Waals surface area contributed by atoms with Gasteiger partial charge >= 0.3 is 0 Å². The number of Topliss-reactive ketones (excluding diaryl/α,β-unsaturated/α-hetero) is 1. The Labute approximate surface area is 86.2 Å². The highest BCUT2D eigenvalue weighted by atomic mass is 16.3. The molecule has 1 saturated heterocycles. The molecule has 0 aliphatic carbocycles. The van der Waals surface area contributed by atoms with Crippen LogP contribution in [-0.4, -0.2) is 23.3 Å². The Balaban J connectivity index is 2.50. The van der Waals surface area contributed by atoms with Crippen LogP contribution in [0.5, 0.6) is 0 Å². The molecule has 4 heteroatoms. The van der Waals surface area contributed by atoms with Gasteiger partial charge in [-0.25, -0.2) is 0 Å². The highest BCUT2D eigenvalue weighted by Crippen LogP contribution is 2.18. The van der Waals surface area contributed by atoms with Crippen LogP contribution in [0.25, 0.3) is 5.76 Å². The Hall–Kier alpha value is -2.10. The van der Waals surface area contributed by atoms with Gasteiger partial charge in [-0.1, -0.05) is 30.3 Å². The van der Waals surface area contributed by atoms with Crippen LogP contribution in [0.4, 0.5) is 0 Å². The zero-order valence-corrected chi connectivity index (χ0v) is 7.86. The van der Waals surface area contributed by atoms with Crippen molar-refractivity contribution in [2.45, 2.75) is 0 Å². The van der Waals surface area contributed by atoms with Crippen LogP contribution in [0.15, 0.2) is 35.9 Å². The fraction of sp³-hybridized carbons (Fsp3) is 0.0909. The molecule has 0 radical (unpaired) electrons. The third-order valence-electron chi connectivity index (χ3n) is 2.20. The van der Waals surface area contributed by atoms with Gasteiger partial charge in [0, 0.05) is 5.56 Å². The summed E-state index contributed by atoms with van der Waals surface area (Å²) in [5.74, 6) is -1.14. The lowest BCUT2D eigenvalue weighted by molar-refractivity contribution is -0.117. The number of benzene rings is 1. The number of rotatable bonds is 1. The lowest BCUT2D eigenvalue weighted by Crippen LogP contribution is -2.14. The molecule has 1 aliphatic heterocycles. The molecule has 1 aromatic rings. The molecule has 15 heavy (non-hydrogen) atoms. The van der Waals surface area contributed by atoms with Crippen molar-refractivity contribution in [2.75, 3.05) is 6.54 Å². The molecular formula is C11H9NO3. The first-order valence-electron chi connectivity index (χ1n) is 4.50. The van der Waals surface area contributed by atoms with E-state index in [0.29, 0.717) is 5.56 Å². The number of nitrogens with one attached hydrogen (secondary N) is 1. The second kappa shape index (κ2) is 3.57. The molecule has 0 unspecified atom stereocenters. The van der Waals surface area contributed by atoms with Crippen molar-refractivity contribution < 1.29 is 14.7 Å². The molecule has 4 nitrogen and oxygen atoms in total. The van der Waals surface area contributed by atoms with Crippen molar-refractivity contribution in [1.82, 2.24) is 5.32 Å². The number of ketones is 1. The first-order valence-corrected chi connectivity index (χ1v) is 4.50. The fourth-order valence-electron chi connectivity index (χ4n) is 1.44.